The number of nitriles is 1. The molecule has 0 saturated heterocycles. The topological polar surface area (TPSA) is 64.9 Å². The molecule has 0 heterocycles. The van der Waals surface area contributed by atoms with Crippen molar-refractivity contribution in [2.24, 2.45) is 0 Å². The number of likely N-dealkylation sites (N-methyl/N-ethyl adjacent to an activating group) is 1. The Morgan fingerprint density at radius 1 is 1.41 bits per heavy atom. The van der Waals surface area contributed by atoms with Gasteiger partial charge in [0.15, 0.2) is 0 Å². The van der Waals surface area contributed by atoms with E-state index in [4.69, 9.17) is 5.26 Å². The van der Waals surface area contributed by atoms with Gasteiger partial charge in [-0.05, 0) is 31.5 Å². The van der Waals surface area contributed by atoms with Crippen LogP contribution in [0, 0.1) is 11.3 Å². The summed E-state index contributed by atoms with van der Waals surface area (Å²) in [6, 6.07) is 9.24. The molecule has 0 bridgehead atoms. The van der Waals surface area contributed by atoms with Gasteiger partial charge < -0.3 is 5.32 Å². The fourth-order valence-corrected chi connectivity index (χ4v) is 1.64. The molecule has 2 unspecified atom stereocenters. The molecule has 0 aromatic heterocycles. The van der Waals surface area contributed by atoms with Crippen LogP contribution in [0.25, 0.3) is 0 Å². The Kier molecular flexibility index (Phi) is 4.68. The van der Waals surface area contributed by atoms with E-state index in [-0.39, 0.29) is 18.0 Å². The van der Waals surface area contributed by atoms with Crippen molar-refractivity contribution in [1.82, 2.24) is 10.6 Å². The highest BCUT2D eigenvalue weighted by Gasteiger charge is 2.14. The van der Waals surface area contributed by atoms with Crippen LogP contribution in [0.4, 0.5) is 0 Å². The van der Waals surface area contributed by atoms with Crippen LogP contribution in [0.5, 0.6) is 0 Å². The average Bonchev–Trinajstić information content (AvgIpc) is 2.37. The summed E-state index contributed by atoms with van der Waals surface area (Å²) in [5.41, 5.74) is 1.63. The molecule has 0 saturated carbocycles. The molecule has 90 valence electrons. The van der Waals surface area contributed by atoms with Gasteiger partial charge in [-0.3, -0.25) is 10.1 Å². The second-order valence-electron chi connectivity index (χ2n) is 3.96. The molecular formula is C13H17N3O. The lowest BCUT2D eigenvalue weighted by atomic mass is 10.0. The number of carbonyl (C=O) groups is 1. The Morgan fingerprint density at radius 3 is 2.71 bits per heavy atom. The van der Waals surface area contributed by atoms with E-state index >= 15 is 0 Å². The molecule has 4 nitrogen and oxygen atoms in total. The zero-order valence-electron chi connectivity index (χ0n) is 10.3. The standard InChI is InChI=1S/C13H17N3O/c1-9(16-10(2)13(17)15-3)12-6-4-5-11(7-12)8-14/h4-7,9-10,16H,1-3H3,(H,15,17). The van der Waals surface area contributed by atoms with E-state index < -0.39 is 0 Å². The third-order valence-electron chi connectivity index (χ3n) is 2.66. The van der Waals surface area contributed by atoms with Gasteiger partial charge in [0.1, 0.15) is 0 Å². The van der Waals surface area contributed by atoms with Crippen LogP contribution in [-0.4, -0.2) is 19.0 Å². The van der Waals surface area contributed by atoms with E-state index in [1.54, 1.807) is 13.1 Å². The number of hydrogen-bond acceptors (Lipinski definition) is 3. The first-order valence-corrected chi connectivity index (χ1v) is 5.56. The molecule has 1 aromatic rings. The molecular weight excluding hydrogens is 214 g/mol. The summed E-state index contributed by atoms with van der Waals surface area (Å²) in [5, 5.41) is 14.6. The van der Waals surface area contributed by atoms with E-state index in [1.807, 2.05) is 32.0 Å². The van der Waals surface area contributed by atoms with Gasteiger partial charge >= 0.3 is 0 Å². The van der Waals surface area contributed by atoms with Gasteiger partial charge in [0.2, 0.25) is 5.91 Å². The van der Waals surface area contributed by atoms with Crippen LogP contribution in [0.2, 0.25) is 0 Å². The number of benzene rings is 1. The van der Waals surface area contributed by atoms with Gasteiger partial charge in [0.25, 0.3) is 0 Å². The summed E-state index contributed by atoms with van der Waals surface area (Å²) in [4.78, 5) is 11.4. The van der Waals surface area contributed by atoms with Crippen LogP contribution < -0.4 is 10.6 Å². The summed E-state index contributed by atoms with van der Waals surface area (Å²) in [5.74, 6) is -0.0479. The van der Waals surface area contributed by atoms with Gasteiger partial charge in [0, 0.05) is 13.1 Å². The Morgan fingerprint density at radius 2 is 2.12 bits per heavy atom. The van der Waals surface area contributed by atoms with Crippen LogP contribution in [-0.2, 0) is 4.79 Å². The Labute approximate surface area is 102 Å². The van der Waals surface area contributed by atoms with Gasteiger partial charge in [-0.25, -0.2) is 0 Å². The third-order valence-corrected chi connectivity index (χ3v) is 2.66. The van der Waals surface area contributed by atoms with E-state index in [1.165, 1.54) is 0 Å². The Balaban J connectivity index is 2.73. The van der Waals surface area contributed by atoms with Gasteiger partial charge in [-0.2, -0.15) is 5.26 Å². The fourth-order valence-electron chi connectivity index (χ4n) is 1.64. The monoisotopic (exact) mass is 231 g/mol. The highest BCUT2D eigenvalue weighted by Crippen LogP contribution is 2.14. The molecule has 1 amide bonds. The number of nitrogens with zero attached hydrogens (tertiary/aromatic N) is 1. The van der Waals surface area contributed by atoms with Crippen molar-refractivity contribution in [3.05, 3.63) is 35.4 Å². The molecule has 1 aromatic carbocycles. The molecule has 0 aliphatic rings. The molecule has 17 heavy (non-hydrogen) atoms. The van der Waals surface area contributed by atoms with Crippen molar-refractivity contribution in [2.75, 3.05) is 7.05 Å². The smallest absolute Gasteiger partial charge is 0.236 e. The van der Waals surface area contributed by atoms with Crippen LogP contribution in [0.1, 0.15) is 31.0 Å². The summed E-state index contributed by atoms with van der Waals surface area (Å²) in [6.07, 6.45) is 0. The minimum atomic E-state index is -0.263. The van der Waals surface area contributed by atoms with Crippen molar-refractivity contribution in [3.63, 3.8) is 0 Å². The minimum absolute atomic E-state index is 0.0237. The number of nitrogens with one attached hydrogen (secondary N) is 2. The van der Waals surface area contributed by atoms with Crippen molar-refractivity contribution in [1.29, 1.82) is 5.26 Å². The summed E-state index contributed by atoms with van der Waals surface area (Å²) < 4.78 is 0. The quantitative estimate of drug-likeness (QED) is 0.822. The fraction of sp³-hybridized carbons (Fsp3) is 0.385. The number of carbonyl (C=O) groups excluding carboxylic acids is 1. The highest BCUT2D eigenvalue weighted by atomic mass is 16.2. The normalized spacial score (nSPS) is 13.5. The van der Waals surface area contributed by atoms with E-state index in [0.717, 1.165) is 5.56 Å². The lowest BCUT2D eigenvalue weighted by molar-refractivity contribution is -0.122. The van der Waals surface area contributed by atoms with Crippen LogP contribution >= 0.6 is 0 Å². The van der Waals surface area contributed by atoms with Crippen molar-refractivity contribution in [3.8, 4) is 6.07 Å². The summed E-state index contributed by atoms with van der Waals surface area (Å²) in [6.45, 7) is 3.78. The van der Waals surface area contributed by atoms with Gasteiger partial charge in [0.05, 0.1) is 17.7 Å². The highest BCUT2D eigenvalue weighted by molar-refractivity contribution is 5.80. The molecule has 4 heteroatoms. The first kappa shape index (κ1) is 13.2. The van der Waals surface area contributed by atoms with Crippen LogP contribution in [0.15, 0.2) is 24.3 Å². The molecule has 0 aliphatic heterocycles. The first-order valence-electron chi connectivity index (χ1n) is 5.56. The van der Waals surface area contributed by atoms with E-state index in [9.17, 15) is 4.79 Å². The summed E-state index contributed by atoms with van der Waals surface area (Å²) in [7, 11) is 1.61. The number of rotatable bonds is 4. The largest absolute Gasteiger partial charge is 0.358 e. The predicted molar refractivity (Wildman–Crippen MR) is 66.2 cm³/mol. The first-order chi connectivity index (χ1) is 8.08. The SMILES string of the molecule is CNC(=O)C(C)NC(C)c1cccc(C#N)c1. The maximum absolute atomic E-state index is 11.4. The van der Waals surface area contributed by atoms with Crippen molar-refractivity contribution in [2.45, 2.75) is 25.9 Å². The van der Waals surface area contributed by atoms with Crippen LogP contribution in [0.3, 0.4) is 0 Å². The van der Waals surface area contributed by atoms with E-state index in [2.05, 4.69) is 16.7 Å². The maximum Gasteiger partial charge on any atom is 0.236 e. The van der Waals surface area contributed by atoms with Gasteiger partial charge in [-0.15, -0.1) is 0 Å². The number of amides is 1. The molecule has 0 fully saturated rings. The lowest BCUT2D eigenvalue weighted by Gasteiger charge is -2.19. The third kappa shape index (κ3) is 3.58. The molecule has 2 atom stereocenters. The Hall–Kier alpha value is -1.86. The lowest BCUT2D eigenvalue weighted by Crippen LogP contribution is -2.41. The molecule has 0 aliphatic carbocycles. The molecule has 0 radical (unpaired) electrons. The molecule has 2 N–H and O–H groups in total. The van der Waals surface area contributed by atoms with E-state index in [0.29, 0.717) is 5.56 Å². The van der Waals surface area contributed by atoms with Crippen molar-refractivity contribution >= 4 is 5.91 Å². The van der Waals surface area contributed by atoms with Gasteiger partial charge in [-0.1, -0.05) is 12.1 Å². The zero-order chi connectivity index (χ0) is 12.8. The minimum Gasteiger partial charge on any atom is -0.358 e. The average molecular weight is 231 g/mol. The molecule has 1 rings (SSSR count). The number of hydrogen-bond donors (Lipinski definition) is 2. The van der Waals surface area contributed by atoms with Crippen molar-refractivity contribution < 1.29 is 4.79 Å². The Bertz CT molecular complexity index is 437. The summed E-state index contributed by atoms with van der Waals surface area (Å²) >= 11 is 0. The maximum atomic E-state index is 11.4. The predicted octanol–water partition coefficient (Wildman–Crippen LogP) is 1.34. The zero-order valence-corrected chi connectivity index (χ0v) is 10.3. The molecule has 0 spiro atoms. The second-order valence-corrected chi connectivity index (χ2v) is 3.96. The second kappa shape index (κ2) is 6.02.